The molecule has 7 heteroatoms. The predicted octanol–water partition coefficient (Wildman–Crippen LogP) is 5.65. The fourth-order valence-corrected chi connectivity index (χ4v) is 5.21. The van der Waals surface area contributed by atoms with E-state index in [1.54, 1.807) is 4.57 Å². The van der Waals surface area contributed by atoms with Crippen LogP contribution in [0.4, 0.5) is 5.69 Å². The molecule has 1 aliphatic carbocycles. The molecule has 6 nitrogen and oxygen atoms in total. The number of fused-ring (bicyclic) bond motifs is 1. The van der Waals surface area contributed by atoms with Gasteiger partial charge < -0.3 is 17.7 Å². The number of rotatable bonds is 8. The zero-order chi connectivity index (χ0) is 23.3. The largest absolute Gasteiger partial charge is 0.494 e. The zero-order valence-electron chi connectivity index (χ0n) is 18.8. The molecule has 1 N–H and O–H groups in total. The molecule has 1 heterocycles. The van der Waals surface area contributed by atoms with Crippen molar-refractivity contribution >= 4 is 45.4 Å². The Labute approximate surface area is 208 Å². The van der Waals surface area contributed by atoms with Crippen LogP contribution < -0.4 is 15.6 Å². The van der Waals surface area contributed by atoms with E-state index in [1.165, 1.54) is 6.42 Å². The summed E-state index contributed by atoms with van der Waals surface area (Å²) in [6.07, 6.45) is 7.38. The lowest BCUT2D eigenvalue weighted by molar-refractivity contribution is -0.115. The monoisotopic (exact) mass is 560 g/mol. The number of para-hydroxylation sites is 1. The second kappa shape index (κ2) is 10.7. The fourth-order valence-electron chi connectivity index (χ4n) is 4.63. The maximum Gasteiger partial charge on any atom is 0.258 e. The number of hydrogen-bond donors (Lipinski definition) is 1. The average Bonchev–Trinajstić information content (AvgIpc) is 2.83. The van der Waals surface area contributed by atoms with Gasteiger partial charge in [-0.2, -0.15) is 0 Å². The minimum Gasteiger partial charge on any atom is -0.494 e. The van der Waals surface area contributed by atoms with E-state index in [0.717, 1.165) is 36.6 Å². The number of ether oxygens (including phenoxy) is 1. The van der Waals surface area contributed by atoms with Crippen LogP contribution in [-0.2, 0) is 20.8 Å². The van der Waals surface area contributed by atoms with Crippen molar-refractivity contribution in [3.63, 3.8) is 0 Å². The van der Waals surface area contributed by atoms with Crippen LogP contribution in [0.25, 0.3) is 10.8 Å². The van der Waals surface area contributed by atoms with Crippen LogP contribution in [0.1, 0.15) is 44.6 Å². The first-order valence-corrected chi connectivity index (χ1v) is 12.4. The van der Waals surface area contributed by atoms with Crippen LogP contribution in [0, 0.1) is 0 Å². The smallest absolute Gasteiger partial charge is 0.258 e. The number of carbonyl (C=O) groups excluding carboxylic acids is 1. The second-order valence-electron chi connectivity index (χ2n) is 8.60. The lowest BCUT2D eigenvalue weighted by Crippen LogP contribution is -2.40. The number of amides is 1. The maximum absolute atomic E-state index is 13.3. The third-order valence-electron chi connectivity index (χ3n) is 6.30. The summed E-state index contributed by atoms with van der Waals surface area (Å²) in [6, 6.07) is 14.9. The van der Waals surface area contributed by atoms with Crippen LogP contribution in [0.15, 0.2) is 59.5 Å². The zero-order valence-corrected chi connectivity index (χ0v) is 21.0. The summed E-state index contributed by atoms with van der Waals surface area (Å²) >= 11 is 1.98. The number of nitrogens with one attached hydrogen (secondary N) is 1. The summed E-state index contributed by atoms with van der Waals surface area (Å²) in [7, 11) is 0. The number of carbonyl (C=O) groups is 1. The molecule has 0 unspecified atom stereocenters. The number of pyridine rings is 1. The van der Waals surface area contributed by atoms with Crippen LogP contribution in [0.5, 0.6) is 5.75 Å². The molecule has 1 fully saturated rings. The molecule has 0 atom stereocenters. The minimum atomic E-state index is -0.296. The van der Waals surface area contributed by atoms with Crippen LogP contribution in [0.3, 0.4) is 0 Å². The number of benzene rings is 2. The Bertz CT molecular complexity index is 1180. The molecule has 4 rings (SSSR count). The molecule has 1 saturated carbocycles. The normalized spacial score (nSPS) is 15.3. The Balaban J connectivity index is 1.57. The number of aromatic nitrogens is 1. The third-order valence-corrected chi connectivity index (χ3v) is 7.24. The number of hydrogen-bond acceptors (Lipinski definition) is 4. The van der Waals surface area contributed by atoms with Gasteiger partial charge in [-0.25, -0.2) is 0 Å². The van der Waals surface area contributed by atoms with E-state index in [-0.39, 0.29) is 23.5 Å². The predicted molar refractivity (Wildman–Crippen MR) is 139 cm³/mol. The molecule has 0 spiro atoms. The lowest BCUT2D eigenvalue weighted by Gasteiger charge is -2.35. The lowest BCUT2D eigenvalue weighted by atomic mass is 9.85. The fraction of sp³-hybridized carbons (Fsp3) is 0.385. The van der Waals surface area contributed by atoms with Crippen LogP contribution in [-0.4, -0.2) is 22.7 Å². The minimum absolute atomic E-state index is 0.0660. The highest BCUT2D eigenvalue weighted by Crippen LogP contribution is 2.35. The molecule has 1 amide bonds. The topological polar surface area (TPSA) is 69.6 Å². The molecule has 0 saturated heterocycles. The summed E-state index contributed by atoms with van der Waals surface area (Å²) in [5.41, 5.74) is 1.10. The van der Waals surface area contributed by atoms with Crippen molar-refractivity contribution in [2.45, 2.75) is 57.6 Å². The summed E-state index contributed by atoms with van der Waals surface area (Å²) in [4.78, 5) is 26.1. The van der Waals surface area contributed by atoms with Gasteiger partial charge in [-0.3, -0.25) is 9.59 Å². The average molecular weight is 560 g/mol. The SMILES string of the molecule is CCOc1ccccc1CC(=O)Nc1cccc2c(=O)n(CC3(OI)CCCCC3)ccc12. The van der Waals surface area contributed by atoms with Crippen molar-refractivity contribution in [1.82, 2.24) is 4.57 Å². The number of nitrogens with zero attached hydrogens (tertiary/aromatic N) is 1. The Morgan fingerprint density at radius 3 is 2.61 bits per heavy atom. The molecular formula is C26H29IN2O4. The first kappa shape index (κ1) is 23.8. The van der Waals surface area contributed by atoms with Gasteiger partial charge in [0.25, 0.3) is 5.56 Å². The number of anilines is 1. The van der Waals surface area contributed by atoms with Crippen molar-refractivity contribution in [2.75, 3.05) is 11.9 Å². The van der Waals surface area contributed by atoms with Gasteiger partial charge in [0.2, 0.25) is 5.91 Å². The Morgan fingerprint density at radius 1 is 1.06 bits per heavy atom. The molecule has 0 aliphatic heterocycles. The van der Waals surface area contributed by atoms with E-state index in [9.17, 15) is 9.59 Å². The first-order valence-electron chi connectivity index (χ1n) is 11.5. The highest BCUT2D eigenvalue weighted by molar-refractivity contribution is 14.1. The molecular weight excluding hydrogens is 531 g/mol. The van der Waals surface area contributed by atoms with Crippen molar-refractivity contribution < 1.29 is 12.6 Å². The van der Waals surface area contributed by atoms with Gasteiger partial charge >= 0.3 is 0 Å². The van der Waals surface area contributed by atoms with Gasteiger partial charge in [-0.1, -0.05) is 43.5 Å². The molecule has 1 aliphatic rings. The van der Waals surface area contributed by atoms with E-state index in [0.29, 0.717) is 30.0 Å². The first-order chi connectivity index (χ1) is 16.0. The molecule has 0 radical (unpaired) electrons. The van der Waals surface area contributed by atoms with E-state index in [4.69, 9.17) is 7.80 Å². The van der Waals surface area contributed by atoms with E-state index < -0.39 is 0 Å². The molecule has 1 aromatic heterocycles. The quantitative estimate of drug-likeness (QED) is 0.362. The Kier molecular flexibility index (Phi) is 7.70. The number of halogens is 1. The highest BCUT2D eigenvalue weighted by Gasteiger charge is 2.33. The van der Waals surface area contributed by atoms with Crippen molar-refractivity contribution in [3.05, 3.63) is 70.6 Å². The van der Waals surface area contributed by atoms with Gasteiger partial charge in [0.15, 0.2) is 0 Å². The summed E-state index contributed by atoms with van der Waals surface area (Å²) in [5.74, 6) is 0.559. The van der Waals surface area contributed by atoms with Crippen molar-refractivity contribution in [1.29, 1.82) is 0 Å². The van der Waals surface area contributed by atoms with Gasteiger partial charge in [-0.15, -0.1) is 0 Å². The molecule has 2 aromatic carbocycles. The van der Waals surface area contributed by atoms with E-state index >= 15 is 0 Å². The van der Waals surface area contributed by atoms with Gasteiger partial charge in [0.05, 0.1) is 25.2 Å². The van der Waals surface area contributed by atoms with Crippen LogP contribution in [0.2, 0.25) is 0 Å². The summed E-state index contributed by atoms with van der Waals surface area (Å²) in [6.45, 7) is 3.00. The second-order valence-corrected chi connectivity index (χ2v) is 9.04. The van der Waals surface area contributed by atoms with Crippen molar-refractivity contribution in [2.24, 2.45) is 0 Å². The van der Waals surface area contributed by atoms with E-state index in [1.807, 2.05) is 84.7 Å². The molecule has 174 valence electrons. The molecule has 33 heavy (non-hydrogen) atoms. The van der Waals surface area contributed by atoms with E-state index in [2.05, 4.69) is 5.32 Å². The summed E-state index contributed by atoms with van der Waals surface area (Å²) < 4.78 is 13.2. The van der Waals surface area contributed by atoms with Crippen LogP contribution >= 0.6 is 23.0 Å². The maximum atomic E-state index is 13.3. The van der Waals surface area contributed by atoms with Crippen molar-refractivity contribution in [3.8, 4) is 5.75 Å². The third kappa shape index (κ3) is 5.41. The Hall–Kier alpha value is -2.39. The molecule has 3 aromatic rings. The Morgan fingerprint density at radius 2 is 1.85 bits per heavy atom. The summed E-state index contributed by atoms with van der Waals surface area (Å²) in [5, 5.41) is 4.30. The van der Waals surface area contributed by atoms with Gasteiger partial charge in [-0.05, 0) is 44.0 Å². The van der Waals surface area contributed by atoms with Gasteiger partial charge in [0.1, 0.15) is 28.8 Å². The highest BCUT2D eigenvalue weighted by atomic mass is 127. The standard InChI is InChI=1S/C26H29IN2O4/c1-2-32-23-12-5-4-9-19(23)17-24(30)28-22-11-8-10-21-20(22)13-16-29(25(21)31)18-26(33-27)14-6-3-7-15-26/h4-5,8-13,16H,2-3,6-7,14-15,17-18H2,1H3,(H,28,30). The van der Waals surface area contributed by atoms with Gasteiger partial charge in [0, 0.05) is 28.2 Å². The molecule has 0 bridgehead atoms.